The van der Waals surface area contributed by atoms with E-state index in [9.17, 15) is 0 Å². The summed E-state index contributed by atoms with van der Waals surface area (Å²) in [5.74, 6) is 0.792. The van der Waals surface area contributed by atoms with Gasteiger partial charge in [0.1, 0.15) is 0 Å². The number of hydrogen-bond donors (Lipinski definition) is 1. The summed E-state index contributed by atoms with van der Waals surface area (Å²) in [6.45, 7) is 3.10. The standard InChI is InChI=1S/C11H20N4/c1-5-10-9(6-7-12-2)8-13-11(14-10)15(3)4/h8,12H,5-7H2,1-4H3. The van der Waals surface area contributed by atoms with E-state index in [0.29, 0.717) is 0 Å². The molecule has 4 nitrogen and oxygen atoms in total. The van der Waals surface area contributed by atoms with E-state index in [2.05, 4.69) is 22.2 Å². The first-order chi connectivity index (χ1) is 7.19. The number of aryl methyl sites for hydroxylation is 1. The molecule has 0 unspecified atom stereocenters. The number of nitrogens with zero attached hydrogens (tertiary/aromatic N) is 3. The summed E-state index contributed by atoms with van der Waals surface area (Å²) in [4.78, 5) is 10.8. The lowest BCUT2D eigenvalue weighted by Gasteiger charge is -2.13. The molecule has 15 heavy (non-hydrogen) atoms. The van der Waals surface area contributed by atoms with Gasteiger partial charge >= 0.3 is 0 Å². The lowest BCUT2D eigenvalue weighted by atomic mass is 10.1. The van der Waals surface area contributed by atoms with Crippen LogP contribution < -0.4 is 10.2 Å². The van der Waals surface area contributed by atoms with Crippen molar-refractivity contribution in [1.29, 1.82) is 0 Å². The van der Waals surface area contributed by atoms with Crippen LogP contribution >= 0.6 is 0 Å². The SMILES string of the molecule is CCc1nc(N(C)C)ncc1CCNC. The third-order valence-electron chi connectivity index (χ3n) is 2.32. The van der Waals surface area contributed by atoms with Gasteiger partial charge in [-0.15, -0.1) is 0 Å². The van der Waals surface area contributed by atoms with Crippen LogP contribution in [0.3, 0.4) is 0 Å². The predicted molar refractivity (Wildman–Crippen MR) is 63.4 cm³/mol. The smallest absolute Gasteiger partial charge is 0.224 e. The molecule has 0 saturated heterocycles. The molecule has 0 radical (unpaired) electrons. The normalized spacial score (nSPS) is 10.4. The average molecular weight is 208 g/mol. The summed E-state index contributed by atoms with van der Waals surface area (Å²) in [5.41, 5.74) is 2.40. The second-order valence-electron chi connectivity index (χ2n) is 3.74. The van der Waals surface area contributed by atoms with Crippen LogP contribution in [0.15, 0.2) is 6.20 Å². The second-order valence-corrected chi connectivity index (χ2v) is 3.74. The maximum Gasteiger partial charge on any atom is 0.224 e. The Morgan fingerprint density at radius 2 is 2.13 bits per heavy atom. The van der Waals surface area contributed by atoms with Crippen molar-refractivity contribution in [2.24, 2.45) is 0 Å². The number of nitrogens with one attached hydrogen (secondary N) is 1. The summed E-state index contributed by atoms with van der Waals surface area (Å²) in [6, 6.07) is 0. The minimum atomic E-state index is 0.792. The third-order valence-corrected chi connectivity index (χ3v) is 2.32. The van der Waals surface area contributed by atoms with Gasteiger partial charge in [-0.05, 0) is 32.0 Å². The Labute approximate surface area is 91.7 Å². The molecule has 0 spiro atoms. The lowest BCUT2D eigenvalue weighted by molar-refractivity contribution is 0.772. The van der Waals surface area contributed by atoms with Gasteiger partial charge in [0, 0.05) is 26.0 Å². The van der Waals surface area contributed by atoms with Gasteiger partial charge in [-0.25, -0.2) is 9.97 Å². The van der Waals surface area contributed by atoms with Crippen LogP contribution in [0.4, 0.5) is 5.95 Å². The predicted octanol–water partition coefficient (Wildman–Crippen LogP) is 0.867. The summed E-state index contributed by atoms with van der Waals surface area (Å²) in [5, 5.41) is 3.14. The Balaban J connectivity index is 2.88. The van der Waals surface area contributed by atoms with E-state index < -0.39 is 0 Å². The molecule has 0 fully saturated rings. The zero-order chi connectivity index (χ0) is 11.3. The van der Waals surface area contributed by atoms with Gasteiger partial charge in [0.05, 0.1) is 0 Å². The first-order valence-electron chi connectivity index (χ1n) is 5.35. The molecule has 0 saturated carbocycles. The van der Waals surface area contributed by atoms with Crippen LogP contribution in [0.5, 0.6) is 0 Å². The zero-order valence-electron chi connectivity index (χ0n) is 10.0. The highest BCUT2D eigenvalue weighted by Gasteiger charge is 2.06. The van der Waals surface area contributed by atoms with E-state index in [-0.39, 0.29) is 0 Å². The van der Waals surface area contributed by atoms with Gasteiger partial charge in [0.15, 0.2) is 0 Å². The lowest BCUT2D eigenvalue weighted by Crippen LogP contribution is -2.16. The molecule has 0 bridgehead atoms. The molecule has 1 heterocycles. The molecule has 0 atom stereocenters. The molecule has 1 rings (SSSR count). The van der Waals surface area contributed by atoms with Crippen LogP contribution in [0.2, 0.25) is 0 Å². The fourth-order valence-corrected chi connectivity index (χ4v) is 1.42. The molecule has 0 aliphatic carbocycles. The molecule has 4 heteroatoms. The number of rotatable bonds is 5. The van der Waals surface area contributed by atoms with Crippen LogP contribution in [-0.4, -0.2) is 37.7 Å². The van der Waals surface area contributed by atoms with Gasteiger partial charge in [0.2, 0.25) is 5.95 Å². The highest BCUT2D eigenvalue weighted by Crippen LogP contribution is 2.10. The van der Waals surface area contributed by atoms with Crippen LogP contribution in [0, 0.1) is 0 Å². The number of hydrogen-bond acceptors (Lipinski definition) is 4. The maximum absolute atomic E-state index is 4.53. The molecule has 0 aliphatic rings. The first kappa shape index (κ1) is 11.9. The van der Waals surface area contributed by atoms with Crippen LogP contribution in [0.25, 0.3) is 0 Å². The van der Waals surface area contributed by atoms with Crippen molar-refractivity contribution in [3.63, 3.8) is 0 Å². The topological polar surface area (TPSA) is 41.1 Å². The molecule has 1 aromatic heterocycles. The van der Waals surface area contributed by atoms with Crippen LogP contribution in [0.1, 0.15) is 18.2 Å². The summed E-state index contributed by atoms with van der Waals surface area (Å²) >= 11 is 0. The van der Waals surface area contributed by atoms with Crippen LogP contribution in [-0.2, 0) is 12.8 Å². The summed E-state index contributed by atoms with van der Waals surface area (Å²) in [6.07, 6.45) is 3.90. The Kier molecular flexibility index (Phi) is 4.49. The molecule has 0 aromatic carbocycles. The van der Waals surface area contributed by atoms with Gasteiger partial charge in [0.25, 0.3) is 0 Å². The number of aromatic nitrogens is 2. The van der Waals surface area contributed by atoms with Crippen molar-refractivity contribution in [2.45, 2.75) is 19.8 Å². The quantitative estimate of drug-likeness (QED) is 0.779. The van der Waals surface area contributed by atoms with Crippen molar-refractivity contribution in [3.8, 4) is 0 Å². The fraction of sp³-hybridized carbons (Fsp3) is 0.636. The van der Waals surface area contributed by atoms with E-state index in [1.807, 2.05) is 32.2 Å². The highest BCUT2D eigenvalue weighted by molar-refractivity contribution is 5.31. The monoisotopic (exact) mass is 208 g/mol. The first-order valence-corrected chi connectivity index (χ1v) is 5.35. The van der Waals surface area contributed by atoms with E-state index in [0.717, 1.165) is 31.0 Å². The van der Waals surface area contributed by atoms with E-state index >= 15 is 0 Å². The minimum absolute atomic E-state index is 0.792. The minimum Gasteiger partial charge on any atom is -0.347 e. The van der Waals surface area contributed by atoms with E-state index in [4.69, 9.17) is 0 Å². The van der Waals surface area contributed by atoms with E-state index in [1.165, 1.54) is 5.56 Å². The van der Waals surface area contributed by atoms with Crippen molar-refractivity contribution < 1.29 is 0 Å². The summed E-state index contributed by atoms with van der Waals surface area (Å²) < 4.78 is 0. The fourth-order valence-electron chi connectivity index (χ4n) is 1.42. The molecule has 0 aliphatic heterocycles. The third kappa shape index (κ3) is 3.16. The van der Waals surface area contributed by atoms with Crippen molar-refractivity contribution in [1.82, 2.24) is 15.3 Å². The maximum atomic E-state index is 4.53. The zero-order valence-corrected chi connectivity index (χ0v) is 10.0. The molecular weight excluding hydrogens is 188 g/mol. The molecule has 1 aromatic rings. The van der Waals surface area contributed by atoms with Gasteiger partial charge in [-0.2, -0.15) is 0 Å². The Morgan fingerprint density at radius 3 is 2.67 bits per heavy atom. The van der Waals surface area contributed by atoms with Crippen molar-refractivity contribution in [2.75, 3.05) is 32.6 Å². The molecule has 0 amide bonds. The number of likely N-dealkylation sites (N-methyl/N-ethyl adjacent to an activating group) is 1. The van der Waals surface area contributed by atoms with E-state index in [1.54, 1.807) is 0 Å². The Hall–Kier alpha value is -1.16. The largest absolute Gasteiger partial charge is 0.347 e. The Morgan fingerprint density at radius 1 is 1.40 bits per heavy atom. The number of anilines is 1. The second kappa shape index (κ2) is 5.66. The molecular formula is C11H20N4. The van der Waals surface area contributed by atoms with Gasteiger partial charge in [-0.1, -0.05) is 6.92 Å². The summed E-state index contributed by atoms with van der Waals surface area (Å²) in [7, 11) is 5.88. The average Bonchev–Trinajstić information content (AvgIpc) is 2.25. The molecule has 84 valence electrons. The van der Waals surface area contributed by atoms with Crippen molar-refractivity contribution in [3.05, 3.63) is 17.5 Å². The molecule has 1 N–H and O–H groups in total. The van der Waals surface area contributed by atoms with Gasteiger partial charge < -0.3 is 10.2 Å². The van der Waals surface area contributed by atoms with Crippen molar-refractivity contribution >= 4 is 5.95 Å². The highest BCUT2D eigenvalue weighted by atomic mass is 15.2. The van der Waals surface area contributed by atoms with Gasteiger partial charge in [-0.3, -0.25) is 0 Å². The Bertz CT molecular complexity index is 309.